The molecule has 0 radical (unpaired) electrons. The van der Waals surface area contributed by atoms with E-state index in [0.717, 1.165) is 16.4 Å². The van der Waals surface area contributed by atoms with Crippen LogP contribution in [0.5, 0.6) is 0 Å². The largest absolute Gasteiger partial charge is 0.313 e. The fourth-order valence-electron chi connectivity index (χ4n) is 3.02. The Morgan fingerprint density at radius 2 is 1.96 bits per heavy atom. The molecule has 0 saturated carbocycles. The molecular weight excluding hydrogens is 377 g/mol. The summed E-state index contributed by atoms with van der Waals surface area (Å²) in [4.78, 5) is 0. The molecule has 28 heavy (non-hydrogen) atoms. The van der Waals surface area contributed by atoms with Crippen LogP contribution in [0.3, 0.4) is 0 Å². The van der Waals surface area contributed by atoms with Crippen LogP contribution >= 0.6 is 11.3 Å². The molecule has 4 rings (SSSR count). The quantitative estimate of drug-likeness (QED) is 0.530. The predicted molar refractivity (Wildman–Crippen MR) is 106 cm³/mol. The smallest absolute Gasteiger partial charge is 0.211 e. The average molecular weight is 397 g/mol. The summed E-state index contributed by atoms with van der Waals surface area (Å²) in [6.07, 6.45) is 1.80. The van der Waals surface area contributed by atoms with E-state index in [4.69, 9.17) is 0 Å². The van der Waals surface area contributed by atoms with Crippen molar-refractivity contribution in [3.05, 3.63) is 70.4 Å². The Balaban J connectivity index is 1.45. The molecule has 1 N–H and O–H groups in total. The van der Waals surface area contributed by atoms with E-state index in [9.17, 15) is 4.39 Å². The van der Waals surface area contributed by atoms with Gasteiger partial charge in [0.15, 0.2) is 5.82 Å². The van der Waals surface area contributed by atoms with Gasteiger partial charge in [0.1, 0.15) is 16.9 Å². The molecule has 0 aliphatic heterocycles. The summed E-state index contributed by atoms with van der Waals surface area (Å²) >= 11 is 1.46. The van der Waals surface area contributed by atoms with E-state index >= 15 is 0 Å². The Hall–Kier alpha value is -3.07. The highest BCUT2D eigenvalue weighted by atomic mass is 32.1. The van der Waals surface area contributed by atoms with Gasteiger partial charge in [0.05, 0.1) is 12.2 Å². The zero-order chi connectivity index (χ0) is 19.7. The molecule has 4 aromatic rings. The number of rotatable bonds is 6. The molecule has 1 unspecified atom stereocenters. The van der Waals surface area contributed by atoms with Crippen LogP contribution in [0.15, 0.2) is 42.6 Å². The van der Waals surface area contributed by atoms with E-state index in [0.29, 0.717) is 23.1 Å². The first kappa shape index (κ1) is 18.3. The van der Waals surface area contributed by atoms with Gasteiger partial charge in [0.2, 0.25) is 5.13 Å². The van der Waals surface area contributed by atoms with Gasteiger partial charge in [-0.15, -0.1) is 10.2 Å². The van der Waals surface area contributed by atoms with E-state index < -0.39 is 0 Å². The predicted octanol–water partition coefficient (Wildman–Crippen LogP) is 4.09. The van der Waals surface area contributed by atoms with Gasteiger partial charge >= 0.3 is 0 Å². The molecule has 0 aliphatic carbocycles. The van der Waals surface area contributed by atoms with Crippen molar-refractivity contribution in [3.63, 3.8) is 0 Å². The minimum atomic E-state index is -0.237. The number of hydrogen-bond acceptors (Lipinski definition) is 6. The van der Waals surface area contributed by atoms with Gasteiger partial charge in [-0.3, -0.25) is 9.36 Å². The van der Waals surface area contributed by atoms with E-state index in [2.05, 4.69) is 25.7 Å². The standard InChI is InChI=1S/C19H20FN7S/c1-12-10-13(2)27(24-12)14(3)18-22-23-19(28-18)21-17-8-9-26(25-17)11-15-6-4-5-7-16(15)20/h4-10,14H,11H2,1-3H3,(H,21,23,25). The zero-order valence-corrected chi connectivity index (χ0v) is 16.6. The number of aryl methyl sites for hydroxylation is 2. The lowest BCUT2D eigenvalue weighted by molar-refractivity contribution is 0.540. The first-order chi connectivity index (χ1) is 13.5. The van der Waals surface area contributed by atoms with Gasteiger partial charge < -0.3 is 5.32 Å². The summed E-state index contributed by atoms with van der Waals surface area (Å²) in [7, 11) is 0. The number of nitrogens with zero attached hydrogens (tertiary/aromatic N) is 6. The molecule has 144 valence electrons. The summed E-state index contributed by atoms with van der Waals surface area (Å²) < 4.78 is 17.4. The van der Waals surface area contributed by atoms with Crippen LogP contribution in [0.25, 0.3) is 0 Å². The fourth-order valence-corrected chi connectivity index (χ4v) is 3.81. The van der Waals surface area contributed by atoms with E-state index in [1.54, 1.807) is 23.0 Å². The molecule has 0 aliphatic rings. The highest BCUT2D eigenvalue weighted by Crippen LogP contribution is 2.27. The van der Waals surface area contributed by atoms with Crippen molar-refractivity contribution in [2.45, 2.75) is 33.4 Å². The maximum Gasteiger partial charge on any atom is 0.211 e. The lowest BCUT2D eigenvalue weighted by Gasteiger charge is -2.10. The third-order valence-electron chi connectivity index (χ3n) is 4.38. The van der Waals surface area contributed by atoms with Crippen molar-refractivity contribution < 1.29 is 4.39 Å². The monoisotopic (exact) mass is 397 g/mol. The highest BCUT2D eigenvalue weighted by Gasteiger charge is 2.17. The molecule has 0 bridgehead atoms. The number of hydrogen-bond donors (Lipinski definition) is 1. The maximum absolute atomic E-state index is 13.8. The van der Waals surface area contributed by atoms with Crippen molar-refractivity contribution in [2.24, 2.45) is 0 Å². The normalized spacial score (nSPS) is 12.3. The second-order valence-corrected chi connectivity index (χ2v) is 7.62. The SMILES string of the molecule is Cc1cc(C)n(C(C)c2nnc(Nc3ccn(Cc4ccccc4F)n3)s2)n1. The van der Waals surface area contributed by atoms with Crippen molar-refractivity contribution in [2.75, 3.05) is 5.32 Å². The number of anilines is 2. The van der Waals surface area contributed by atoms with Crippen LogP contribution in [-0.4, -0.2) is 29.8 Å². The van der Waals surface area contributed by atoms with Crippen LogP contribution in [-0.2, 0) is 6.54 Å². The third-order valence-corrected chi connectivity index (χ3v) is 5.38. The summed E-state index contributed by atoms with van der Waals surface area (Å²) in [6.45, 7) is 6.41. The Morgan fingerprint density at radius 3 is 2.71 bits per heavy atom. The van der Waals surface area contributed by atoms with Crippen molar-refractivity contribution in [1.82, 2.24) is 29.8 Å². The molecule has 0 saturated heterocycles. The lowest BCUT2D eigenvalue weighted by Crippen LogP contribution is -2.10. The van der Waals surface area contributed by atoms with Crippen LogP contribution in [0.1, 0.15) is 34.9 Å². The van der Waals surface area contributed by atoms with Gasteiger partial charge in [0.25, 0.3) is 0 Å². The number of nitrogens with one attached hydrogen (secondary N) is 1. The van der Waals surface area contributed by atoms with Crippen molar-refractivity contribution in [1.29, 1.82) is 0 Å². The average Bonchev–Trinajstić information content (AvgIpc) is 3.38. The second kappa shape index (κ2) is 7.51. The van der Waals surface area contributed by atoms with E-state index in [1.807, 2.05) is 43.7 Å². The van der Waals surface area contributed by atoms with E-state index in [1.165, 1.54) is 17.4 Å². The van der Waals surface area contributed by atoms with Crippen LogP contribution in [0.2, 0.25) is 0 Å². The Morgan fingerprint density at radius 1 is 1.14 bits per heavy atom. The second-order valence-electron chi connectivity index (χ2n) is 6.61. The molecule has 7 nitrogen and oxygen atoms in total. The Bertz CT molecular complexity index is 1100. The van der Waals surface area contributed by atoms with Crippen LogP contribution < -0.4 is 5.32 Å². The molecular formula is C19H20FN7S. The van der Waals surface area contributed by atoms with Crippen LogP contribution in [0.4, 0.5) is 15.3 Å². The van der Waals surface area contributed by atoms with E-state index in [-0.39, 0.29) is 11.9 Å². The molecule has 0 fully saturated rings. The number of aromatic nitrogens is 6. The molecule has 1 aromatic carbocycles. The molecule has 0 spiro atoms. The van der Waals surface area contributed by atoms with Gasteiger partial charge in [-0.25, -0.2) is 4.39 Å². The fraction of sp³-hybridized carbons (Fsp3) is 0.263. The van der Waals surface area contributed by atoms with Crippen LogP contribution in [0, 0.1) is 19.7 Å². The molecule has 3 aromatic heterocycles. The summed E-state index contributed by atoms with van der Waals surface area (Å²) in [5.41, 5.74) is 2.66. The van der Waals surface area contributed by atoms with Gasteiger partial charge in [-0.2, -0.15) is 10.2 Å². The molecule has 0 amide bonds. The van der Waals surface area contributed by atoms with Gasteiger partial charge in [0, 0.05) is 23.5 Å². The highest BCUT2D eigenvalue weighted by molar-refractivity contribution is 7.15. The molecule has 1 atom stereocenters. The molecule has 9 heteroatoms. The zero-order valence-electron chi connectivity index (χ0n) is 15.8. The number of benzene rings is 1. The Kier molecular flexibility index (Phi) is 4.91. The minimum absolute atomic E-state index is 0.000336. The Labute approximate surface area is 165 Å². The third kappa shape index (κ3) is 3.79. The van der Waals surface area contributed by atoms with Gasteiger partial charge in [-0.05, 0) is 32.9 Å². The number of halogens is 1. The topological polar surface area (TPSA) is 73.5 Å². The first-order valence-corrected chi connectivity index (χ1v) is 9.71. The van der Waals surface area contributed by atoms with Crippen molar-refractivity contribution in [3.8, 4) is 0 Å². The summed E-state index contributed by atoms with van der Waals surface area (Å²) in [5.74, 6) is 0.400. The summed E-state index contributed by atoms with van der Waals surface area (Å²) in [6, 6.07) is 10.6. The lowest BCUT2D eigenvalue weighted by atomic mass is 10.2. The molecule has 3 heterocycles. The summed E-state index contributed by atoms with van der Waals surface area (Å²) in [5, 5.41) is 22.1. The first-order valence-electron chi connectivity index (χ1n) is 8.89. The van der Waals surface area contributed by atoms with Crippen molar-refractivity contribution >= 4 is 22.3 Å². The minimum Gasteiger partial charge on any atom is -0.313 e. The van der Waals surface area contributed by atoms with Gasteiger partial charge in [-0.1, -0.05) is 29.5 Å². The maximum atomic E-state index is 13.8.